The van der Waals surface area contributed by atoms with Crippen molar-refractivity contribution in [2.45, 2.75) is 277 Å². The van der Waals surface area contributed by atoms with E-state index in [2.05, 4.69) is 167 Å². The fourth-order valence-corrected chi connectivity index (χ4v) is 8.27. The van der Waals surface area contributed by atoms with E-state index in [4.69, 9.17) is 14.2 Å². The standard InChI is InChI=1S/C72H116O6/c1-4-7-10-13-16-19-22-24-26-28-30-31-32-33-34-35-36-37-38-39-40-41-42-44-45-47-50-53-56-59-62-65-71(74)77-68-69(67-76-70(73)64-61-58-55-52-49-21-18-15-12-9-6-3)78-72(75)66-63-60-57-54-51-48-46-43-29-27-25-23-20-17-14-11-8-5-2/h7,10,15-16,18-20,23-24,26-27,29-31,33-34,36-37,39-40,42,44,47,50,69H,4-6,8-9,11-14,17,21-22,25,28,32,35,38,41,43,45-46,48-49,51-68H2,1-3H3/b10-7-,18-15-,19-16-,23-20-,26-24-,29-27-,31-30-,34-33-,37-36-,40-39-,44-42-,50-47-. The monoisotopic (exact) mass is 1080 g/mol. The van der Waals surface area contributed by atoms with Gasteiger partial charge in [0, 0.05) is 19.3 Å². The molecule has 0 amide bonds. The third kappa shape index (κ3) is 62.1. The van der Waals surface area contributed by atoms with Crippen molar-refractivity contribution in [3.63, 3.8) is 0 Å². The van der Waals surface area contributed by atoms with Gasteiger partial charge in [0.25, 0.3) is 0 Å². The summed E-state index contributed by atoms with van der Waals surface area (Å²) >= 11 is 0. The van der Waals surface area contributed by atoms with Gasteiger partial charge >= 0.3 is 17.9 Å². The van der Waals surface area contributed by atoms with Gasteiger partial charge in [0.2, 0.25) is 0 Å². The number of carbonyl (C=O) groups excluding carboxylic acids is 3. The van der Waals surface area contributed by atoms with E-state index in [1.54, 1.807) is 0 Å². The van der Waals surface area contributed by atoms with E-state index in [1.807, 2.05) is 0 Å². The van der Waals surface area contributed by atoms with Gasteiger partial charge in [-0.3, -0.25) is 14.4 Å². The molecule has 6 heteroatoms. The highest BCUT2D eigenvalue weighted by atomic mass is 16.6. The van der Waals surface area contributed by atoms with Gasteiger partial charge in [-0.2, -0.15) is 0 Å². The first-order valence-corrected chi connectivity index (χ1v) is 31.8. The Morgan fingerprint density at radius 3 is 0.846 bits per heavy atom. The number of hydrogen-bond acceptors (Lipinski definition) is 6. The van der Waals surface area contributed by atoms with E-state index in [-0.39, 0.29) is 31.1 Å². The minimum Gasteiger partial charge on any atom is -0.462 e. The zero-order valence-electron chi connectivity index (χ0n) is 50.4. The van der Waals surface area contributed by atoms with E-state index in [0.29, 0.717) is 19.3 Å². The van der Waals surface area contributed by atoms with Crippen LogP contribution in [0.15, 0.2) is 146 Å². The summed E-state index contributed by atoms with van der Waals surface area (Å²) in [7, 11) is 0. The second-order valence-corrected chi connectivity index (χ2v) is 20.6. The Morgan fingerprint density at radius 1 is 0.269 bits per heavy atom. The van der Waals surface area contributed by atoms with Crippen molar-refractivity contribution in [2.75, 3.05) is 13.2 Å². The molecule has 0 aliphatic heterocycles. The minimum atomic E-state index is -0.806. The van der Waals surface area contributed by atoms with Gasteiger partial charge < -0.3 is 14.2 Å². The minimum absolute atomic E-state index is 0.101. The molecule has 0 fully saturated rings. The van der Waals surface area contributed by atoms with Crippen molar-refractivity contribution < 1.29 is 28.6 Å². The number of carbonyl (C=O) groups is 3. The molecule has 0 radical (unpaired) electrons. The third-order valence-electron chi connectivity index (χ3n) is 13.0. The highest BCUT2D eigenvalue weighted by Crippen LogP contribution is 2.14. The predicted octanol–water partition coefficient (Wildman–Crippen LogP) is 21.9. The maximum Gasteiger partial charge on any atom is 0.306 e. The molecule has 0 aromatic heterocycles. The van der Waals surface area contributed by atoms with Gasteiger partial charge in [-0.25, -0.2) is 0 Å². The summed E-state index contributed by atoms with van der Waals surface area (Å²) in [6.45, 7) is 6.43. The van der Waals surface area contributed by atoms with Gasteiger partial charge in [0.1, 0.15) is 13.2 Å². The lowest BCUT2D eigenvalue weighted by atomic mass is 10.1. The van der Waals surface area contributed by atoms with Crippen molar-refractivity contribution in [3.8, 4) is 0 Å². The summed E-state index contributed by atoms with van der Waals surface area (Å²) in [5.74, 6) is -0.954. The molecule has 0 saturated carbocycles. The van der Waals surface area contributed by atoms with Crippen molar-refractivity contribution in [1.29, 1.82) is 0 Å². The van der Waals surface area contributed by atoms with Crippen LogP contribution >= 0.6 is 0 Å². The first-order valence-electron chi connectivity index (χ1n) is 31.8. The van der Waals surface area contributed by atoms with Crippen LogP contribution < -0.4 is 0 Å². The van der Waals surface area contributed by atoms with Crippen molar-refractivity contribution in [2.24, 2.45) is 0 Å². The molecule has 0 aromatic carbocycles. The van der Waals surface area contributed by atoms with Crippen molar-refractivity contribution in [3.05, 3.63) is 146 Å². The zero-order chi connectivity index (χ0) is 56.4. The topological polar surface area (TPSA) is 78.9 Å². The third-order valence-corrected chi connectivity index (χ3v) is 13.0. The lowest BCUT2D eigenvalue weighted by molar-refractivity contribution is -0.167. The number of rotatable bonds is 56. The molecule has 0 bridgehead atoms. The van der Waals surface area contributed by atoms with Gasteiger partial charge in [-0.05, 0) is 141 Å². The summed E-state index contributed by atoms with van der Waals surface area (Å²) in [5.41, 5.74) is 0. The maximum atomic E-state index is 12.9. The zero-order valence-corrected chi connectivity index (χ0v) is 50.4. The van der Waals surface area contributed by atoms with Gasteiger partial charge in [0.05, 0.1) is 0 Å². The number of esters is 3. The Hall–Kier alpha value is -4.71. The summed E-state index contributed by atoms with van der Waals surface area (Å²) in [5, 5.41) is 0. The molecule has 0 saturated heterocycles. The molecule has 78 heavy (non-hydrogen) atoms. The van der Waals surface area contributed by atoms with Crippen LogP contribution in [-0.4, -0.2) is 37.2 Å². The molecule has 440 valence electrons. The van der Waals surface area contributed by atoms with Crippen LogP contribution in [0.25, 0.3) is 0 Å². The first kappa shape index (κ1) is 73.3. The van der Waals surface area contributed by atoms with Crippen LogP contribution in [0.2, 0.25) is 0 Å². The Bertz CT molecular complexity index is 1710. The van der Waals surface area contributed by atoms with Crippen molar-refractivity contribution >= 4 is 17.9 Å². The Balaban J connectivity index is 4.38. The molecule has 0 aliphatic carbocycles. The fraction of sp³-hybridized carbons (Fsp3) is 0.625. The predicted molar refractivity (Wildman–Crippen MR) is 339 cm³/mol. The van der Waals surface area contributed by atoms with Gasteiger partial charge in [-0.15, -0.1) is 0 Å². The van der Waals surface area contributed by atoms with E-state index in [0.717, 1.165) is 148 Å². The Morgan fingerprint density at radius 2 is 0.513 bits per heavy atom. The lowest BCUT2D eigenvalue weighted by Crippen LogP contribution is -2.30. The van der Waals surface area contributed by atoms with E-state index in [1.165, 1.54) is 83.5 Å². The molecule has 0 aromatic rings. The van der Waals surface area contributed by atoms with Crippen LogP contribution in [0.1, 0.15) is 271 Å². The van der Waals surface area contributed by atoms with Gasteiger partial charge in [-0.1, -0.05) is 256 Å². The molecule has 0 N–H and O–H groups in total. The molecule has 6 nitrogen and oxygen atoms in total. The number of allylic oxidation sites excluding steroid dienone is 24. The summed E-state index contributed by atoms with van der Waals surface area (Å²) in [6.07, 6.45) is 92.8. The van der Waals surface area contributed by atoms with Crippen LogP contribution in [0.5, 0.6) is 0 Å². The molecule has 0 aliphatic rings. The molecular weight excluding hydrogens is 961 g/mol. The molecule has 0 heterocycles. The Kier molecular flexibility index (Phi) is 60.9. The van der Waals surface area contributed by atoms with E-state index < -0.39 is 6.10 Å². The average molecular weight is 1080 g/mol. The smallest absolute Gasteiger partial charge is 0.306 e. The van der Waals surface area contributed by atoms with Crippen molar-refractivity contribution in [1.82, 2.24) is 0 Å². The lowest BCUT2D eigenvalue weighted by Gasteiger charge is -2.18. The molecule has 1 atom stereocenters. The number of unbranched alkanes of at least 4 members (excludes halogenated alkanes) is 21. The highest BCUT2D eigenvalue weighted by molar-refractivity contribution is 5.71. The molecule has 0 spiro atoms. The van der Waals surface area contributed by atoms with Crippen LogP contribution in [0.3, 0.4) is 0 Å². The summed E-state index contributed by atoms with van der Waals surface area (Å²) in [4.78, 5) is 38.2. The highest BCUT2D eigenvalue weighted by Gasteiger charge is 2.19. The van der Waals surface area contributed by atoms with E-state index >= 15 is 0 Å². The molecular formula is C72H116O6. The summed E-state index contributed by atoms with van der Waals surface area (Å²) < 4.78 is 16.8. The maximum absolute atomic E-state index is 12.9. The second-order valence-electron chi connectivity index (χ2n) is 20.6. The molecule has 0 rings (SSSR count). The van der Waals surface area contributed by atoms with E-state index in [9.17, 15) is 14.4 Å². The molecule has 1 unspecified atom stereocenters. The number of ether oxygens (including phenoxy) is 3. The average Bonchev–Trinajstić information content (AvgIpc) is 3.44. The Labute approximate surface area is 480 Å². The largest absolute Gasteiger partial charge is 0.462 e. The summed E-state index contributed by atoms with van der Waals surface area (Å²) in [6, 6.07) is 0. The first-order chi connectivity index (χ1) is 38.5. The fourth-order valence-electron chi connectivity index (χ4n) is 8.27. The van der Waals surface area contributed by atoms with Crippen LogP contribution in [0, 0.1) is 0 Å². The number of hydrogen-bond donors (Lipinski definition) is 0. The van der Waals surface area contributed by atoms with Crippen LogP contribution in [0.4, 0.5) is 0 Å². The normalized spacial score (nSPS) is 13.1. The van der Waals surface area contributed by atoms with Gasteiger partial charge in [0.15, 0.2) is 6.10 Å². The van der Waals surface area contributed by atoms with Crippen LogP contribution in [-0.2, 0) is 28.6 Å². The SMILES string of the molecule is CC/C=C\C/C=C\C/C=C\C/C=C\C/C=C\C/C=C\C/C=C\C/C=C\C/C=C\CCCCCC(=O)OCC(COC(=O)CCCCCCC/C=C\CCCC)OC(=O)CCCCCCCCC/C=C\C/C=C\CCCCCC. The quantitative estimate of drug-likeness (QED) is 0.0261. The second kappa shape index (κ2) is 64.8.